The highest BCUT2D eigenvalue weighted by molar-refractivity contribution is 5.97. The Kier molecular flexibility index (Phi) is 8.57. The second-order valence-electron chi connectivity index (χ2n) is 8.01. The average Bonchev–Trinajstić information content (AvgIpc) is 2.72. The Hall–Kier alpha value is -3.39. The predicted molar refractivity (Wildman–Crippen MR) is 121 cm³/mol. The second-order valence-corrected chi connectivity index (χ2v) is 8.01. The molecule has 0 fully saturated rings. The Morgan fingerprint density at radius 3 is 1.94 bits per heavy atom. The first-order valence-electron chi connectivity index (χ1n) is 10.0. The van der Waals surface area contributed by atoms with Gasteiger partial charge >= 0.3 is 0 Å². The largest absolute Gasteiger partial charge is 0.383 e. The van der Waals surface area contributed by atoms with E-state index < -0.39 is 0 Å². The van der Waals surface area contributed by atoms with E-state index in [1.807, 2.05) is 20.8 Å². The van der Waals surface area contributed by atoms with Crippen LogP contribution in [0.1, 0.15) is 41.5 Å². The van der Waals surface area contributed by atoms with E-state index in [2.05, 4.69) is 21.3 Å². The Bertz CT molecular complexity index is 887. The Morgan fingerprint density at radius 1 is 0.839 bits per heavy atom. The molecule has 31 heavy (non-hydrogen) atoms. The van der Waals surface area contributed by atoms with E-state index in [-0.39, 0.29) is 29.8 Å². The molecule has 0 atom stereocenters. The van der Waals surface area contributed by atoms with Crippen molar-refractivity contribution < 1.29 is 19.1 Å². The van der Waals surface area contributed by atoms with Gasteiger partial charge in [0.2, 0.25) is 5.91 Å². The smallest absolute Gasteiger partial charge is 0.251 e. The molecule has 2 aromatic carbocycles. The lowest BCUT2D eigenvalue weighted by Gasteiger charge is -2.20. The molecular formula is C23H30N4O4. The van der Waals surface area contributed by atoms with Crippen molar-refractivity contribution in [1.82, 2.24) is 10.6 Å². The molecule has 0 unspecified atom stereocenters. The summed E-state index contributed by atoms with van der Waals surface area (Å²) in [6.07, 6.45) is 0. The SMILES string of the molecule is COCCNC(=O)c1ccc(NCC(=O)Nc2ccc(C(=O)NC(C)(C)C)cc2)cc1. The molecular weight excluding hydrogens is 396 g/mol. The lowest BCUT2D eigenvalue weighted by molar-refractivity contribution is -0.114. The molecule has 0 aliphatic heterocycles. The molecule has 0 saturated carbocycles. The van der Waals surface area contributed by atoms with Gasteiger partial charge < -0.3 is 26.0 Å². The summed E-state index contributed by atoms with van der Waals surface area (Å²) in [7, 11) is 1.57. The highest BCUT2D eigenvalue weighted by Crippen LogP contribution is 2.12. The van der Waals surface area contributed by atoms with Crippen LogP contribution in [0, 0.1) is 0 Å². The predicted octanol–water partition coefficient (Wildman–Crippen LogP) is 2.64. The zero-order chi connectivity index (χ0) is 22.9. The number of nitrogens with one attached hydrogen (secondary N) is 4. The minimum absolute atomic E-state index is 0.0612. The van der Waals surface area contributed by atoms with E-state index in [0.717, 1.165) is 5.69 Å². The Labute approximate surface area is 182 Å². The molecule has 4 N–H and O–H groups in total. The number of carbonyl (C=O) groups excluding carboxylic acids is 3. The first-order valence-corrected chi connectivity index (χ1v) is 10.0. The Morgan fingerprint density at radius 2 is 1.39 bits per heavy atom. The van der Waals surface area contributed by atoms with E-state index in [0.29, 0.717) is 30.0 Å². The van der Waals surface area contributed by atoms with Crippen molar-refractivity contribution in [2.24, 2.45) is 0 Å². The third-order valence-corrected chi connectivity index (χ3v) is 4.11. The van der Waals surface area contributed by atoms with Gasteiger partial charge in [-0.3, -0.25) is 14.4 Å². The van der Waals surface area contributed by atoms with Gasteiger partial charge in [0, 0.05) is 41.7 Å². The summed E-state index contributed by atoms with van der Waals surface area (Å²) in [5, 5.41) is 11.4. The molecule has 8 nitrogen and oxygen atoms in total. The van der Waals surface area contributed by atoms with Crippen LogP contribution < -0.4 is 21.3 Å². The standard InChI is InChI=1S/C23H30N4O4/c1-23(2,3)27-22(30)17-7-11-19(12-8-17)26-20(28)15-25-18-9-5-16(6-10-18)21(29)24-13-14-31-4/h5-12,25H,13-15H2,1-4H3,(H,24,29)(H,26,28)(H,27,30). The maximum absolute atomic E-state index is 12.2. The summed E-state index contributed by atoms with van der Waals surface area (Å²) in [5.41, 5.74) is 2.06. The molecule has 0 spiro atoms. The van der Waals surface area contributed by atoms with E-state index in [4.69, 9.17) is 4.74 Å². The molecule has 3 amide bonds. The summed E-state index contributed by atoms with van der Waals surface area (Å²) in [6, 6.07) is 13.6. The molecule has 2 aromatic rings. The topological polar surface area (TPSA) is 109 Å². The fourth-order valence-corrected chi connectivity index (χ4v) is 2.61. The number of rotatable bonds is 9. The summed E-state index contributed by atoms with van der Waals surface area (Å²) in [5.74, 6) is -0.572. The number of ether oxygens (including phenoxy) is 1. The zero-order valence-electron chi connectivity index (χ0n) is 18.4. The number of hydrogen-bond donors (Lipinski definition) is 4. The molecule has 0 bridgehead atoms. The third kappa shape index (κ3) is 8.47. The van der Waals surface area contributed by atoms with Gasteiger partial charge in [0.1, 0.15) is 0 Å². The van der Waals surface area contributed by atoms with Crippen molar-refractivity contribution in [3.8, 4) is 0 Å². The number of benzene rings is 2. The van der Waals surface area contributed by atoms with Crippen LogP contribution in [0.15, 0.2) is 48.5 Å². The van der Waals surface area contributed by atoms with Gasteiger partial charge in [-0.15, -0.1) is 0 Å². The van der Waals surface area contributed by atoms with Crippen LogP contribution in [0.25, 0.3) is 0 Å². The van der Waals surface area contributed by atoms with Crippen LogP contribution in [0.5, 0.6) is 0 Å². The zero-order valence-corrected chi connectivity index (χ0v) is 18.4. The van der Waals surface area contributed by atoms with Crippen LogP contribution in [0.2, 0.25) is 0 Å². The molecule has 0 radical (unpaired) electrons. The summed E-state index contributed by atoms with van der Waals surface area (Å²) in [4.78, 5) is 36.3. The highest BCUT2D eigenvalue weighted by atomic mass is 16.5. The Balaban J connectivity index is 1.81. The summed E-state index contributed by atoms with van der Waals surface area (Å²) < 4.78 is 4.90. The van der Waals surface area contributed by atoms with Crippen LogP contribution in [-0.4, -0.2) is 50.1 Å². The second kappa shape index (κ2) is 11.1. The molecule has 0 aromatic heterocycles. The number of amides is 3. The number of methoxy groups -OCH3 is 1. The van der Waals surface area contributed by atoms with Gasteiger partial charge in [-0.1, -0.05) is 0 Å². The van der Waals surface area contributed by atoms with Gasteiger partial charge in [-0.05, 0) is 69.3 Å². The molecule has 2 rings (SSSR count). The van der Waals surface area contributed by atoms with Crippen molar-refractivity contribution in [1.29, 1.82) is 0 Å². The lowest BCUT2D eigenvalue weighted by atomic mass is 10.1. The first-order chi connectivity index (χ1) is 14.7. The van der Waals surface area contributed by atoms with Gasteiger partial charge in [0.15, 0.2) is 0 Å². The van der Waals surface area contributed by atoms with Gasteiger partial charge in [-0.25, -0.2) is 0 Å². The molecule has 0 saturated heterocycles. The third-order valence-electron chi connectivity index (χ3n) is 4.11. The van der Waals surface area contributed by atoms with Crippen molar-refractivity contribution in [3.05, 3.63) is 59.7 Å². The maximum atomic E-state index is 12.2. The summed E-state index contributed by atoms with van der Waals surface area (Å²) >= 11 is 0. The summed E-state index contributed by atoms with van der Waals surface area (Å²) in [6.45, 7) is 6.70. The van der Waals surface area contributed by atoms with Crippen molar-refractivity contribution in [3.63, 3.8) is 0 Å². The van der Waals surface area contributed by atoms with Crippen molar-refractivity contribution in [2.75, 3.05) is 37.4 Å². The maximum Gasteiger partial charge on any atom is 0.251 e. The molecule has 0 aliphatic carbocycles. The minimum Gasteiger partial charge on any atom is -0.383 e. The van der Waals surface area contributed by atoms with E-state index in [9.17, 15) is 14.4 Å². The van der Waals surface area contributed by atoms with E-state index in [1.54, 1.807) is 55.6 Å². The van der Waals surface area contributed by atoms with Gasteiger partial charge in [0.05, 0.1) is 13.2 Å². The monoisotopic (exact) mass is 426 g/mol. The number of anilines is 2. The van der Waals surface area contributed by atoms with Crippen molar-refractivity contribution in [2.45, 2.75) is 26.3 Å². The van der Waals surface area contributed by atoms with Crippen LogP contribution >= 0.6 is 0 Å². The van der Waals surface area contributed by atoms with Gasteiger partial charge in [-0.2, -0.15) is 0 Å². The molecule has 0 aliphatic rings. The lowest BCUT2D eigenvalue weighted by Crippen LogP contribution is -2.40. The molecule has 0 heterocycles. The molecule has 166 valence electrons. The number of hydrogen-bond acceptors (Lipinski definition) is 5. The first kappa shape index (κ1) is 23.9. The minimum atomic E-state index is -0.318. The number of carbonyl (C=O) groups is 3. The van der Waals surface area contributed by atoms with E-state index >= 15 is 0 Å². The quantitative estimate of drug-likeness (QED) is 0.461. The van der Waals surface area contributed by atoms with E-state index in [1.165, 1.54) is 0 Å². The highest BCUT2D eigenvalue weighted by Gasteiger charge is 2.15. The fraction of sp³-hybridized carbons (Fsp3) is 0.348. The average molecular weight is 427 g/mol. The van der Waals surface area contributed by atoms with Crippen LogP contribution in [0.4, 0.5) is 11.4 Å². The fourth-order valence-electron chi connectivity index (χ4n) is 2.61. The van der Waals surface area contributed by atoms with Crippen LogP contribution in [0.3, 0.4) is 0 Å². The van der Waals surface area contributed by atoms with Gasteiger partial charge in [0.25, 0.3) is 11.8 Å². The normalized spacial score (nSPS) is 10.8. The molecule has 8 heteroatoms. The van der Waals surface area contributed by atoms with Crippen molar-refractivity contribution >= 4 is 29.1 Å². The van der Waals surface area contributed by atoms with Crippen LogP contribution in [-0.2, 0) is 9.53 Å².